The van der Waals surface area contributed by atoms with Crippen molar-refractivity contribution in [3.63, 3.8) is 0 Å². The summed E-state index contributed by atoms with van der Waals surface area (Å²) in [5.41, 5.74) is 0.418. The van der Waals surface area contributed by atoms with E-state index < -0.39 is 36.4 Å². The van der Waals surface area contributed by atoms with E-state index in [-0.39, 0.29) is 0 Å². The second kappa shape index (κ2) is 14.4. The van der Waals surface area contributed by atoms with Crippen molar-refractivity contribution in [1.29, 1.82) is 0 Å². The number of aromatic hydroxyl groups is 1. The van der Waals surface area contributed by atoms with Gasteiger partial charge in [-0.2, -0.15) is 0 Å². The van der Waals surface area contributed by atoms with Crippen LogP contribution in [0.5, 0.6) is 5.75 Å². The predicted molar refractivity (Wildman–Crippen MR) is 145 cm³/mol. The molecule has 212 valence electrons. The zero-order valence-corrected chi connectivity index (χ0v) is 23.0. The molecule has 0 bridgehead atoms. The van der Waals surface area contributed by atoms with Crippen molar-refractivity contribution in [2.75, 3.05) is 6.54 Å². The fourth-order valence-electron chi connectivity index (χ4n) is 4.01. The summed E-state index contributed by atoms with van der Waals surface area (Å²) in [6, 6.07) is 8.63. The van der Waals surface area contributed by atoms with Gasteiger partial charge in [0, 0.05) is 48.3 Å². The van der Waals surface area contributed by atoms with Gasteiger partial charge in [0.05, 0.1) is 19.2 Å². The van der Waals surface area contributed by atoms with Gasteiger partial charge in [-0.1, -0.05) is 12.1 Å². The predicted octanol–water partition coefficient (Wildman–Crippen LogP) is 3.42. The number of carboxylic acid groups (broad SMARTS) is 3. The maximum absolute atomic E-state index is 10.3. The zero-order chi connectivity index (χ0) is 29.2. The molecule has 0 radical (unpaired) electrons. The third-order valence-electron chi connectivity index (χ3n) is 5.87. The van der Waals surface area contributed by atoms with E-state index in [1.54, 1.807) is 0 Å². The number of phenolic OH excluding ortho intramolecular Hbond substituents is 1. The van der Waals surface area contributed by atoms with Crippen molar-refractivity contribution < 1.29 is 39.9 Å². The normalized spacial score (nSPS) is 11.2. The van der Waals surface area contributed by atoms with Crippen LogP contribution in [0.1, 0.15) is 45.7 Å². The van der Waals surface area contributed by atoms with E-state index in [2.05, 4.69) is 45.6 Å². The maximum Gasteiger partial charge on any atom is 0.336 e. The average Bonchev–Trinajstić information content (AvgIpc) is 3.48. The molecule has 0 saturated heterocycles. The number of aliphatic carboxylic acids is 3. The number of aliphatic hydroxyl groups is 1. The molecule has 0 fully saturated rings. The fraction of sp³-hybridized carbons (Fsp3) is 0.407. The molecule has 12 heteroatoms. The molecule has 0 atom stereocenters. The van der Waals surface area contributed by atoms with Gasteiger partial charge in [0.25, 0.3) is 0 Å². The van der Waals surface area contributed by atoms with Crippen LogP contribution >= 0.6 is 11.3 Å². The number of aryl methyl sites for hydroxylation is 4. The minimum Gasteiger partial charge on any atom is -0.507 e. The molecule has 2 aromatic heterocycles. The number of hydrogen-bond acceptors (Lipinski definition) is 8. The van der Waals surface area contributed by atoms with Gasteiger partial charge < -0.3 is 30.1 Å². The Balaban J connectivity index is 0.000000349. The van der Waals surface area contributed by atoms with Gasteiger partial charge >= 0.3 is 17.9 Å². The molecule has 3 aromatic rings. The Kier molecular flexibility index (Phi) is 11.6. The average molecular weight is 562 g/mol. The lowest BCUT2D eigenvalue weighted by molar-refractivity contribution is -0.170. The van der Waals surface area contributed by atoms with Gasteiger partial charge in [-0.3, -0.25) is 14.5 Å². The first-order valence-corrected chi connectivity index (χ1v) is 13.0. The summed E-state index contributed by atoms with van der Waals surface area (Å²) in [5, 5.41) is 43.8. The second-order valence-electron chi connectivity index (χ2n) is 9.43. The highest BCUT2D eigenvalue weighted by Crippen LogP contribution is 2.25. The first kappa shape index (κ1) is 31.5. The quantitative estimate of drug-likeness (QED) is 0.208. The van der Waals surface area contributed by atoms with E-state index in [4.69, 9.17) is 20.4 Å². The van der Waals surface area contributed by atoms with E-state index in [1.807, 2.05) is 43.9 Å². The first-order chi connectivity index (χ1) is 18.3. The molecular weight excluding hydrogens is 526 g/mol. The Hall–Kier alpha value is -3.74. The van der Waals surface area contributed by atoms with Crippen molar-refractivity contribution in [2.45, 2.75) is 65.3 Å². The van der Waals surface area contributed by atoms with Gasteiger partial charge in [-0.25, -0.2) is 9.78 Å². The second-order valence-corrected chi connectivity index (χ2v) is 10.8. The van der Waals surface area contributed by atoms with Crippen LogP contribution in [0.25, 0.3) is 0 Å². The Bertz CT molecular complexity index is 1220. The Morgan fingerprint density at radius 2 is 1.62 bits per heavy atom. The molecule has 2 heterocycles. The molecule has 0 aliphatic carbocycles. The summed E-state index contributed by atoms with van der Waals surface area (Å²) < 4.78 is 2.13. The van der Waals surface area contributed by atoms with Gasteiger partial charge in [-0.15, -0.1) is 11.3 Å². The standard InChI is InChI=1S/C21H27N3OS.C6H8O7/c1-16-11-19(12-17(2)21(16)25)13-24(14-20-6-5-18(3)26-20)9-4-8-23-10-7-22-15-23;7-3(8)1-6(13,5(11)12)2-4(9)10/h5-7,10-12,15,25H,4,8-9,13-14H2,1-3H3;13H,1-2H2,(H,7,8)(H,9,10)(H,11,12). The number of carbonyl (C=O) groups is 3. The fourth-order valence-corrected chi connectivity index (χ4v) is 4.94. The maximum atomic E-state index is 10.3. The minimum absolute atomic E-state index is 0.411. The number of rotatable bonds is 13. The van der Waals surface area contributed by atoms with Gasteiger partial charge in [0.15, 0.2) is 5.60 Å². The van der Waals surface area contributed by atoms with Gasteiger partial charge in [-0.05, 0) is 56.0 Å². The Morgan fingerprint density at radius 1 is 1.00 bits per heavy atom. The summed E-state index contributed by atoms with van der Waals surface area (Å²) in [7, 11) is 0. The van der Waals surface area contributed by atoms with Gasteiger partial charge in [0.1, 0.15) is 5.75 Å². The van der Waals surface area contributed by atoms with E-state index >= 15 is 0 Å². The van der Waals surface area contributed by atoms with Crippen LogP contribution < -0.4 is 0 Å². The molecule has 0 aliphatic heterocycles. The molecule has 0 saturated carbocycles. The molecule has 0 unspecified atom stereocenters. The highest BCUT2D eigenvalue weighted by Gasteiger charge is 2.40. The van der Waals surface area contributed by atoms with Crippen LogP contribution in [0, 0.1) is 20.8 Å². The lowest BCUT2D eigenvalue weighted by atomic mass is 9.96. The van der Waals surface area contributed by atoms with E-state index in [9.17, 15) is 19.5 Å². The van der Waals surface area contributed by atoms with Crippen LogP contribution in [-0.4, -0.2) is 70.0 Å². The summed E-state index contributed by atoms with van der Waals surface area (Å²) in [6.45, 7) is 9.95. The Morgan fingerprint density at radius 3 is 2.08 bits per heavy atom. The summed E-state index contributed by atoms with van der Waals surface area (Å²) in [4.78, 5) is 39.8. The molecule has 3 rings (SSSR count). The molecule has 5 N–H and O–H groups in total. The van der Waals surface area contributed by atoms with Crippen molar-refractivity contribution in [3.8, 4) is 5.75 Å². The largest absolute Gasteiger partial charge is 0.507 e. The van der Waals surface area contributed by atoms with E-state index in [1.165, 1.54) is 15.3 Å². The number of phenols is 1. The number of carboxylic acids is 3. The molecule has 0 aliphatic rings. The monoisotopic (exact) mass is 561 g/mol. The molecule has 0 amide bonds. The Labute approximate surface area is 230 Å². The van der Waals surface area contributed by atoms with E-state index in [0.717, 1.165) is 43.7 Å². The number of benzene rings is 1. The molecule has 1 aromatic carbocycles. The number of hydrogen-bond donors (Lipinski definition) is 5. The molecule has 0 spiro atoms. The molecule has 11 nitrogen and oxygen atoms in total. The van der Waals surface area contributed by atoms with E-state index in [0.29, 0.717) is 5.75 Å². The van der Waals surface area contributed by atoms with Crippen LogP contribution in [0.2, 0.25) is 0 Å². The van der Waals surface area contributed by atoms with Crippen LogP contribution in [0.3, 0.4) is 0 Å². The minimum atomic E-state index is -2.74. The third-order valence-corrected chi connectivity index (χ3v) is 6.85. The first-order valence-electron chi connectivity index (χ1n) is 12.2. The number of imidazole rings is 1. The van der Waals surface area contributed by atoms with Crippen molar-refractivity contribution in [1.82, 2.24) is 14.5 Å². The highest BCUT2D eigenvalue weighted by molar-refractivity contribution is 7.11. The summed E-state index contributed by atoms with van der Waals surface area (Å²) in [6.07, 6.45) is 4.51. The number of aromatic nitrogens is 2. The molecular formula is C27H35N3O8S. The third kappa shape index (κ3) is 10.5. The molecule has 39 heavy (non-hydrogen) atoms. The highest BCUT2D eigenvalue weighted by atomic mass is 32.1. The smallest absolute Gasteiger partial charge is 0.336 e. The zero-order valence-electron chi connectivity index (χ0n) is 22.2. The van der Waals surface area contributed by atoms with Crippen molar-refractivity contribution >= 4 is 29.2 Å². The summed E-state index contributed by atoms with van der Waals surface area (Å²) >= 11 is 1.87. The van der Waals surface area contributed by atoms with Crippen molar-refractivity contribution in [3.05, 3.63) is 69.4 Å². The van der Waals surface area contributed by atoms with Crippen LogP contribution in [0.4, 0.5) is 0 Å². The SMILES string of the molecule is Cc1ccc(CN(CCCn2ccnc2)Cc2cc(C)c(O)c(C)c2)s1.O=C(O)CC(O)(CC(=O)O)C(=O)O. The van der Waals surface area contributed by atoms with Crippen LogP contribution in [-0.2, 0) is 34.0 Å². The number of nitrogens with zero attached hydrogens (tertiary/aromatic N) is 3. The lowest BCUT2D eigenvalue weighted by Gasteiger charge is -2.23. The van der Waals surface area contributed by atoms with Crippen LogP contribution in [0.15, 0.2) is 43.0 Å². The van der Waals surface area contributed by atoms with Crippen molar-refractivity contribution in [2.24, 2.45) is 0 Å². The lowest BCUT2D eigenvalue weighted by Crippen LogP contribution is -2.42. The summed E-state index contributed by atoms with van der Waals surface area (Å²) in [5.74, 6) is -4.61. The van der Waals surface area contributed by atoms with Gasteiger partial charge in [0.2, 0.25) is 0 Å². The topological polar surface area (TPSA) is 173 Å². The number of thiophene rings is 1.